The van der Waals surface area contributed by atoms with Crippen LogP contribution in [-0.2, 0) is 21.9 Å². The minimum atomic E-state index is -3.54. The maximum Gasteiger partial charge on any atom is 0.264 e. The van der Waals surface area contributed by atoms with Crippen molar-refractivity contribution < 1.29 is 8.42 Å². The molecule has 0 N–H and O–H groups in total. The molecule has 1 heterocycles. The van der Waals surface area contributed by atoms with Crippen LogP contribution in [0.3, 0.4) is 0 Å². The van der Waals surface area contributed by atoms with Crippen molar-refractivity contribution in [3.8, 4) is 0 Å². The second-order valence-corrected chi connectivity index (χ2v) is 9.06. The summed E-state index contributed by atoms with van der Waals surface area (Å²) >= 11 is 0. The average Bonchev–Trinajstić information content (AvgIpc) is 2.91. The summed E-state index contributed by atoms with van der Waals surface area (Å²) in [5.74, 6) is 0. The zero-order valence-electron chi connectivity index (χ0n) is 14.8. The first kappa shape index (κ1) is 17.0. The SMILES string of the molecule is CCC(C)(C)c1ccc(S(=O)(=O)N2c3ccccc3CC2C)cc1. The van der Waals surface area contributed by atoms with E-state index >= 15 is 0 Å². The van der Waals surface area contributed by atoms with Crippen molar-refractivity contribution in [2.75, 3.05) is 4.31 Å². The number of fused-ring (bicyclic) bond motifs is 1. The highest BCUT2D eigenvalue weighted by Crippen LogP contribution is 2.37. The third-order valence-electron chi connectivity index (χ3n) is 5.22. The Kier molecular flexibility index (Phi) is 4.20. The molecule has 0 saturated carbocycles. The van der Waals surface area contributed by atoms with Crippen LogP contribution in [0.25, 0.3) is 0 Å². The predicted molar refractivity (Wildman–Crippen MR) is 99.0 cm³/mol. The van der Waals surface area contributed by atoms with Crippen LogP contribution in [0.5, 0.6) is 0 Å². The summed E-state index contributed by atoms with van der Waals surface area (Å²) in [6.07, 6.45) is 1.77. The normalized spacial score (nSPS) is 17.8. The van der Waals surface area contributed by atoms with E-state index in [9.17, 15) is 8.42 Å². The Hall–Kier alpha value is -1.81. The summed E-state index contributed by atoms with van der Waals surface area (Å²) in [5.41, 5.74) is 3.12. The number of hydrogen-bond acceptors (Lipinski definition) is 2. The van der Waals surface area contributed by atoms with Crippen LogP contribution in [0.2, 0.25) is 0 Å². The third-order valence-corrected chi connectivity index (χ3v) is 7.16. The van der Waals surface area contributed by atoms with Gasteiger partial charge in [-0.2, -0.15) is 0 Å². The minimum absolute atomic E-state index is 0.0514. The highest BCUT2D eigenvalue weighted by molar-refractivity contribution is 7.92. The maximum absolute atomic E-state index is 13.2. The van der Waals surface area contributed by atoms with Crippen molar-refractivity contribution in [1.82, 2.24) is 0 Å². The molecule has 1 aliphatic heterocycles. The van der Waals surface area contributed by atoms with Gasteiger partial charge in [0.05, 0.1) is 10.6 Å². The first-order chi connectivity index (χ1) is 11.3. The topological polar surface area (TPSA) is 37.4 Å². The lowest BCUT2D eigenvalue weighted by molar-refractivity contribution is 0.505. The lowest BCUT2D eigenvalue weighted by Gasteiger charge is -2.26. The molecule has 0 aromatic heterocycles. The van der Waals surface area contributed by atoms with Crippen molar-refractivity contribution in [3.63, 3.8) is 0 Å². The zero-order chi connectivity index (χ0) is 17.5. The standard InChI is InChI=1S/C20H25NO2S/c1-5-20(3,4)17-10-12-18(13-11-17)24(22,23)21-15(2)14-16-8-6-7-9-19(16)21/h6-13,15H,5,14H2,1-4H3. The largest absolute Gasteiger partial charge is 0.264 e. The highest BCUT2D eigenvalue weighted by Gasteiger charge is 2.35. The molecular weight excluding hydrogens is 318 g/mol. The second-order valence-electron chi connectivity index (χ2n) is 7.24. The predicted octanol–water partition coefficient (Wildman–Crippen LogP) is 4.51. The molecule has 128 valence electrons. The number of benzene rings is 2. The molecule has 3 rings (SSSR count). The first-order valence-electron chi connectivity index (χ1n) is 8.50. The van der Waals surface area contributed by atoms with Crippen LogP contribution < -0.4 is 4.31 Å². The van der Waals surface area contributed by atoms with E-state index in [0.29, 0.717) is 4.90 Å². The Morgan fingerprint density at radius 2 is 1.71 bits per heavy atom. The van der Waals surface area contributed by atoms with Crippen molar-refractivity contribution in [1.29, 1.82) is 0 Å². The molecule has 0 aliphatic carbocycles. The van der Waals surface area contributed by atoms with E-state index in [-0.39, 0.29) is 11.5 Å². The molecule has 0 saturated heterocycles. The van der Waals surface area contributed by atoms with Crippen molar-refractivity contribution in [2.45, 2.75) is 56.9 Å². The molecule has 1 aliphatic rings. The number of sulfonamides is 1. The van der Waals surface area contributed by atoms with Gasteiger partial charge in [0.25, 0.3) is 10.0 Å². The monoisotopic (exact) mass is 343 g/mol. The van der Waals surface area contributed by atoms with Crippen LogP contribution in [-0.4, -0.2) is 14.5 Å². The molecule has 0 fully saturated rings. The van der Waals surface area contributed by atoms with Crippen molar-refractivity contribution in [2.24, 2.45) is 0 Å². The van der Waals surface area contributed by atoms with Crippen molar-refractivity contribution >= 4 is 15.7 Å². The lowest BCUT2D eigenvalue weighted by atomic mass is 9.82. The van der Waals surface area contributed by atoms with Gasteiger partial charge in [-0.15, -0.1) is 0 Å². The van der Waals surface area contributed by atoms with Gasteiger partial charge in [0.1, 0.15) is 0 Å². The Labute approximate surface area is 145 Å². The van der Waals surface area contributed by atoms with E-state index in [0.717, 1.165) is 24.1 Å². The van der Waals surface area contributed by atoms with Gasteiger partial charge >= 0.3 is 0 Å². The average molecular weight is 343 g/mol. The number of rotatable bonds is 4. The summed E-state index contributed by atoms with van der Waals surface area (Å²) in [6.45, 7) is 8.46. The number of nitrogens with zero attached hydrogens (tertiary/aromatic N) is 1. The van der Waals surface area contributed by atoms with E-state index in [1.165, 1.54) is 5.56 Å². The molecule has 0 spiro atoms. The van der Waals surface area contributed by atoms with Crippen LogP contribution in [0.4, 0.5) is 5.69 Å². The fourth-order valence-corrected chi connectivity index (χ4v) is 4.99. The molecule has 1 atom stereocenters. The Morgan fingerprint density at radius 1 is 1.08 bits per heavy atom. The quantitative estimate of drug-likeness (QED) is 0.819. The van der Waals surface area contributed by atoms with Crippen molar-refractivity contribution in [3.05, 3.63) is 59.7 Å². The Balaban J connectivity index is 2.00. The zero-order valence-corrected chi connectivity index (χ0v) is 15.6. The van der Waals surface area contributed by atoms with E-state index in [2.05, 4.69) is 20.8 Å². The van der Waals surface area contributed by atoms with Gasteiger partial charge in [0.15, 0.2) is 0 Å². The fraction of sp³-hybridized carbons (Fsp3) is 0.400. The van der Waals surface area contributed by atoms with Gasteiger partial charge < -0.3 is 0 Å². The van der Waals surface area contributed by atoms with Gasteiger partial charge in [-0.25, -0.2) is 8.42 Å². The summed E-state index contributed by atoms with van der Waals surface area (Å²) in [6, 6.07) is 15.1. The second kappa shape index (κ2) is 5.92. The van der Waals surface area contributed by atoms with Gasteiger partial charge in [-0.05, 0) is 54.5 Å². The molecule has 1 unspecified atom stereocenters. The summed E-state index contributed by atoms with van der Waals surface area (Å²) in [5, 5.41) is 0. The highest BCUT2D eigenvalue weighted by atomic mass is 32.2. The Bertz CT molecular complexity index is 838. The van der Waals surface area contributed by atoms with E-state index in [1.54, 1.807) is 16.4 Å². The molecule has 2 aromatic carbocycles. The first-order valence-corrected chi connectivity index (χ1v) is 9.94. The maximum atomic E-state index is 13.2. The molecule has 24 heavy (non-hydrogen) atoms. The van der Waals surface area contributed by atoms with Gasteiger partial charge in [0.2, 0.25) is 0 Å². The fourth-order valence-electron chi connectivity index (χ4n) is 3.30. The molecule has 0 bridgehead atoms. The van der Waals surface area contributed by atoms with Gasteiger partial charge in [-0.3, -0.25) is 4.31 Å². The molecule has 0 amide bonds. The minimum Gasteiger partial charge on any atom is -0.263 e. The molecular formula is C20H25NO2S. The molecule has 4 heteroatoms. The number of hydrogen-bond donors (Lipinski definition) is 0. The van der Waals surface area contributed by atoms with Gasteiger partial charge in [-0.1, -0.05) is 51.1 Å². The van der Waals surface area contributed by atoms with Crippen LogP contribution in [0, 0.1) is 0 Å². The van der Waals surface area contributed by atoms with Crippen LogP contribution >= 0.6 is 0 Å². The Morgan fingerprint density at radius 3 is 2.33 bits per heavy atom. The van der Waals surface area contributed by atoms with E-state index in [1.807, 2.05) is 43.3 Å². The summed E-state index contributed by atoms with van der Waals surface area (Å²) in [4.78, 5) is 0.363. The van der Waals surface area contributed by atoms with Gasteiger partial charge in [0, 0.05) is 6.04 Å². The number of para-hydroxylation sites is 1. The van der Waals surface area contributed by atoms with Crippen LogP contribution in [0.1, 0.15) is 45.2 Å². The third kappa shape index (κ3) is 2.73. The molecule has 3 nitrogen and oxygen atoms in total. The van der Waals surface area contributed by atoms with E-state index in [4.69, 9.17) is 0 Å². The molecule has 0 radical (unpaired) electrons. The molecule has 2 aromatic rings. The van der Waals surface area contributed by atoms with E-state index < -0.39 is 10.0 Å². The summed E-state index contributed by atoms with van der Waals surface area (Å²) < 4.78 is 27.9. The van der Waals surface area contributed by atoms with Crippen LogP contribution in [0.15, 0.2) is 53.4 Å². The summed E-state index contributed by atoms with van der Waals surface area (Å²) in [7, 11) is -3.54. The lowest BCUT2D eigenvalue weighted by Crippen LogP contribution is -2.35. The number of anilines is 1. The smallest absolute Gasteiger partial charge is 0.263 e.